The molecule has 1 aromatic carbocycles. The van der Waals surface area contributed by atoms with Gasteiger partial charge >= 0.3 is 0 Å². The van der Waals surface area contributed by atoms with E-state index in [9.17, 15) is 0 Å². The Morgan fingerprint density at radius 2 is 1.32 bits per heavy atom. The van der Waals surface area contributed by atoms with Crippen LogP contribution in [0.5, 0.6) is 0 Å². The van der Waals surface area contributed by atoms with Crippen LogP contribution in [0, 0.1) is 0 Å². The molecular weight excluding hydrogens is 284 g/mol. The maximum atomic E-state index is 4.25. The molecule has 0 heterocycles. The van der Waals surface area contributed by atoms with Crippen LogP contribution >= 0.6 is 10.0 Å². The summed E-state index contributed by atoms with van der Waals surface area (Å²) in [7, 11) is -0.645. The van der Waals surface area contributed by atoms with Crippen LogP contribution in [-0.4, -0.2) is 17.3 Å². The van der Waals surface area contributed by atoms with Gasteiger partial charge in [0.25, 0.3) is 0 Å². The first kappa shape index (κ1) is 19.4. The van der Waals surface area contributed by atoms with E-state index in [2.05, 4.69) is 63.8 Å². The molecule has 1 heteroatoms. The van der Waals surface area contributed by atoms with Gasteiger partial charge in [0.05, 0.1) is 0 Å². The molecule has 0 spiro atoms. The van der Waals surface area contributed by atoms with E-state index < -0.39 is 10.0 Å². The Morgan fingerprint density at radius 3 is 1.68 bits per heavy atom. The third-order valence-corrected chi connectivity index (χ3v) is 9.44. The van der Waals surface area contributed by atoms with Crippen LogP contribution in [0.15, 0.2) is 43.0 Å². The molecule has 0 N–H and O–H groups in total. The van der Waals surface area contributed by atoms with E-state index in [1.807, 2.05) is 0 Å². The summed E-state index contributed by atoms with van der Waals surface area (Å²) in [5.41, 5.74) is 1.50. The first-order chi connectivity index (χ1) is 10.7. The van der Waals surface area contributed by atoms with Gasteiger partial charge in [0.2, 0.25) is 0 Å². The van der Waals surface area contributed by atoms with Crippen LogP contribution in [0.4, 0.5) is 0 Å². The molecule has 0 fully saturated rings. The summed E-state index contributed by atoms with van der Waals surface area (Å²) in [6.45, 7) is 11.2. The van der Waals surface area contributed by atoms with Gasteiger partial charge in [-0.25, -0.2) is 10.0 Å². The number of hydrogen-bond donors (Lipinski definition) is 0. The molecule has 1 rings (SSSR count). The fourth-order valence-corrected chi connectivity index (χ4v) is 8.36. The van der Waals surface area contributed by atoms with E-state index in [4.69, 9.17) is 0 Å². The van der Waals surface area contributed by atoms with E-state index in [-0.39, 0.29) is 0 Å². The van der Waals surface area contributed by atoms with Gasteiger partial charge in [0.15, 0.2) is 0 Å². The monoisotopic (exact) mass is 320 g/mol. The minimum absolute atomic E-state index is 0.582. The van der Waals surface area contributed by atoms with E-state index in [0.717, 1.165) is 0 Å². The second kappa shape index (κ2) is 10.9. The van der Waals surface area contributed by atoms with Gasteiger partial charge in [-0.2, -0.15) is 0 Å². The summed E-state index contributed by atoms with van der Waals surface area (Å²) in [6.07, 6.45) is 10.3. The van der Waals surface area contributed by atoms with Crippen LogP contribution in [0.3, 0.4) is 0 Å². The Hall–Kier alpha value is -0.690. The summed E-state index contributed by atoms with van der Waals surface area (Å²) in [6, 6.07) is 11.1. The lowest BCUT2D eigenvalue weighted by Gasteiger charge is -2.47. The lowest BCUT2D eigenvalue weighted by molar-refractivity contribution is 0.839. The minimum Gasteiger partial charge on any atom is -0.231 e. The summed E-state index contributed by atoms with van der Waals surface area (Å²) < 4.78 is 0. The highest BCUT2D eigenvalue weighted by atomic mass is 32.3. The number of hydrogen-bond acceptors (Lipinski definition) is 0. The molecule has 1 atom stereocenters. The maximum Gasteiger partial charge on any atom is 0.0319 e. The Labute approximate surface area is 140 Å². The molecular formula is C21H36S. The Balaban J connectivity index is 3.12. The topological polar surface area (TPSA) is 0 Å². The van der Waals surface area contributed by atoms with Gasteiger partial charge in [-0.1, -0.05) is 76.4 Å². The molecule has 0 saturated heterocycles. The first-order valence-electron chi connectivity index (χ1n) is 9.16. The normalized spacial score (nSPS) is 13.8. The van der Waals surface area contributed by atoms with Gasteiger partial charge in [-0.15, -0.1) is 6.58 Å². The molecule has 0 aromatic heterocycles. The fraction of sp³-hybridized carbons (Fsp3) is 0.619. The van der Waals surface area contributed by atoms with Crippen molar-refractivity contribution in [3.63, 3.8) is 0 Å². The maximum absolute atomic E-state index is 4.25. The van der Waals surface area contributed by atoms with E-state index in [1.165, 1.54) is 61.3 Å². The average molecular weight is 321 g/mol. The summed E-state index contributed by atoms with van der Waals surface area (Å²) in [4.78, 5) is 0. The summed E-state index contributed by atoms with van der Waals surface area (Å²) in [5.74, 6) is 4.28. The van der Waals surface area contributed by atoms with Crippen molar-refractivity contribution in [2.75, 3.05) is 17.3 Å². The van der Waals surface area contributed by atoms with Gasteiger partial charge in [-0.05, 0) is 42.1 Å². The van der Waals surface area contributed by atoms with Gasteiger partial charge in [0.1, 0.15) is 0 Å². The highest BCUT2D eigenvalue weighted by Crippen LogP contribution is 2.62. The number of benzene rings is 1. The van der Waals surface area contributed by atoms with Gasteiger partial charge in [-0.3, -0.25) is 0 Å². The zero-order valence-corrected chi connectivity index (χ0v) is 15.8. The second-order valence-corrected chi connectivity index (χ2v) is 10.3. The van der Waals surface area contributed by atoms with Crippen molar-refractivity contribution in [2.24, 2.45) is 0 Å². The largest absolute Gasteiger partial charge is 0.231 e. The molecule has 22 heavy (non-hydrogen) atoms. The molecule has 0 aliphatic heterocycles. The van der Waals surface area contributed by atoms with Crippen LogP contribution in [0.1, 0.15) is 70.1 Å². The smallest absolute Gasteiger partial charge is 0.0319 e. The standard InChI is InChI=1S/C21H36S/c1-5-9-17-22(18-10-6-2,19-11-7-3)21(8-4)20-15-13-12-14-16-20/h8,12-16,21H,4-7,9-11,17-19H2,1-3H3. The van der Waals surface area contributed by atoms with Crippen molar-refractivity contribution in [1.29, 1.82) is 0 Å². The van der Waals surface area contributed by atoms with E-state index in [1.54, 1.807) is 0 Å². The van der Waals surface area contributed by atoms with Crippen LogP contribution in [-0.2, 0) is 0 Å². The molecule has 0 saturated carbocycles. The zero-order chi connectivity index (χ0) is 16.3. The minimum atomic E-state index is -0.645. The molecule has 0 aliphatic carbocycles. The average Bonchev–Trinajstić information content (AvgIpc) is 2.57. The number of rotatable bonds is 12. The van der Waals surface area contributed by atoms with Crippen LogP contribution < -0.4 is 0 Å². The second-order valence-electron chi connectivity index (χ2n) is 6.35. The van der Waals surface area contributed by atoms with Crippen molar-refractivity contribution in [3.05, 3.63) is 48.6 Å². The third-order valence-electron chi connectivity index (χ3n) is 4.59. The first-order valence-corrected chi connectivity index (χ1v) is 11.4. The van der Waals surface area contributed by atoms with Crippen molar-refractivity contribution >= 4 is 10.0 Å². The van der Waals surface area contributed by atoms with Gasteiger partial charge < -0.3 is 0 Å². The molecule has 0 nitrogen and oxygen atoms in total. The van der Waals surface area contributed by atoms with Crippen molar-refractivity contribution in [2.45, 2.75) is 64.5 Å². The Morgan fingerprint density at radius 1 is 0.864 bits per heavy atom. The lowest BCUT2D eigenvalue weighted by Crippen LogP contribution is -2.20. The third kappa shape index (κ3) is 5.50. The quantitative estimate of drug-likeness (QED) is 0.360. The Kier molecular flexibility index (Phi) is 9.63. The molecule has 0 bridgehead atoms. The van der Waals surface area contributed by atoms with E-state index in [0.29, 0.717) is 5.25 Å². The summed E-state index contributed by atoms with van der Waals surface area (Å²) in [5, 5.41) is 0.582. The van der Waals surface area contributed by atoms with Crippen molar-refractivity contribution < 1.29 is 0 Å². The van der Waals surface area contributed by atoms with Gasteiger partial charge in [0, 0.05) is 5.25 Å². The molecule has 1 aromatic rings. The van der Waals surface area contributed by atoms with E-state index >= 15 is 0 Å². The molecule has 1 unspecified atom stereocenters. The molecule has 0 aliphatic rings. The zero-order valence-electron chi connectivity index (χ0n) is 15.0. The number of unbranched alkanes of at least 4 members (excludes halogenated alkanes) is 3. The molecule has 0 amide bonds. The predicted octanol–water partition coefficient (Wildman–Crippen LogP) is 7.12. The van der Waals surface area contributed by atoms with Crippen LogP contribution in [0.25, 0.3) is 0 Å². The highest BCUT2D eigenvalue weighted by Gasteiger charge is 2.31. The lowest BCUT2D eigenvalue weighted by atomic mass is 10.1. The highest BCUT2D eigenvalue weighted by molar-refractivity contribution is 8.34. The summed E-state index contributed by atoms with van der Waals surface area (Å²) >= 11 is 0. The molecule has 0 radical (unpaired) electrons. The fourth-order valence-electron chi connectivity index (χ4n) is 3.25. The van der Waals surface area contributed by atoms with Crippen LogP contribution in [0.2, 0.25) is 0 Å². The van der Waals surface area contributed by atoms with Crippen molar-refractivity contribution in [3.8, 4) is 0 Å². The van der Waals surface area contributed by atoms with Crippen molar-refractivity contribution in [1.82, 2.24) is 0 Å². The Bertz CT molecular complexity index is 374. The predicted molar refractivity (Wildman–Crippen MR) is 106 cm³/mol. The SMILES string of the molecule is C=CC(c1ccccc1)S(CCCC)(CCCC)CCCC. The molecule has 126 valence electrons.